The van der Waals surface area contributed by atoms with E-state index in [2.05, 4.69) is 10.6 Å². The molecule has 0 fully saturated rings. The highest BCUT2D eigenvalue weighted by Crippen LogP contribution is 2.21. The van der Waals surface area contributed by atoms with E-state index in [0.717, 1.165) is 11.1 Å². The minimum atomic E-state index is -0.918. The van der Waals surface area contributed by atoms with E-state index in [1.54, 1.807) is 0 Å². The first-order chi connectivity index (χ1) is 11.9. The van der Waals surface area contributed by atoms with Crippen molar-refractivity contribution in [1.82, 2.24) is 5.32 Å². The topological polar surface area (TPSA) is 78.4 Å². The lowest BCUT2D eigenvalue weighted by molar-refractivity contribution is -0.137. The molecule has 0 aliphatic rings. The maximum absolute atomic E-state index is 12.1. The van der Waals surface area contributed by atoms with Crippen molar-refractivity contribution >= 4 is 17.7 Å². The summed E-state index contributed by atoms with van der Waals surface area (Å²) in [4.78, 5) is 23.1. The number of carboxylic acid groups (broad SMARTS) is 1. The summed E-state index contributed by atoms with van der Waals surface area (Å²) in [5.41, 5.74) is 2.84. The molecule has 3 N–H and O–H groups in total. The van der Waals surface area contributed by atoms with Crippen LogP contribution in [0.25, 0.3) is 11.1 Å². The Morgan fingerprint density at radius 1 is 0.960 bits per heavy atom. The number of urea groups is 1. The first-order valence-electron chi connectivity index (χ1n) is 8.39. The van der Waals surface area contributed by atoms with Crippen LogP contribution in [0, 0.1) is 5.92 Å². The predicted molar refractivity (Wildman–Crippen MR) is 99.5 cm³/mol. The minimum Gasteiger partial charge on any atom is -0.481 e. The SMILES string of the molecule is CC(C)C[C@@H](CC(=O)O)NC(=O)Nc1ccc(-c2ccccc2)cc1. The zero-order valence-corrected chi connectivity index (χ0v) is 14.5. The summed E-state index contributed by atoms with van der Waals surface area (Å²) >= 11 is 0. The third-order valence-electron chi connectivity index (χ3n) is 3.76. The summed E-state index contributed by atoms with van der Waals surface area (Å²) in [6.07, 6.45) is 0.533. The Morgan fingerprint density at radius 3 is 2.12 bits per heavy atom. The summed E-state index contributed by atoms with van der Waals surface area (Å²) in [6.45, 7) is 3.99. The van der Waals surface area contributed by atoms with Crippen molar-refractivity contribution in [3.8, 4) is 11.1 Å². The summed E-state index contributed by atoms with van der Waals surface area (Å²) in [5.74, 6) is -0.618. The van der Waals surface area contributed by atoms with Gasteiger partial charge in [-0.15, -0.1) is 0 Å². The predicted octanol–water partition coefficient (Wildman–Crippen LogP) is 4.36. The Hall–Kier alpha value is -2.82. The molecule has 0 radical (unpaired) electrons. The second kappa shape index (κ2) is 8.87. The molecule has 0 unspecified atom stereocenters. The number of carbonyl (C=O) groups is 2. The number of carbonyl (C=O) groups excluding carboxylic acids is 1. The average molecular weight is 340 g/mol. The second-order valence-corrected chi connectivity index (χ2v) is 6.47. The van der Waals surface area contributed by atoms with Gasteiger partial charge in [0.15, 0.2) is 0 Å². The van der Waals surface area contributed by atoms with E-state index in [0.29, 0.717) is 18.0 Å². The molecule has 0 heterocycles. The van der Waals surface area contributed by atoms with Crippen LogP contribution in [0.15, 0.2) is 54.6 Å². The van der Waals surface area contributed by atoms with Crippen LogP contribution in [-0.2, 0) is 4.79 Å². The number of hydrogen-bond donors (Lipinski definition) is 3. The van der Waals surface area contributed by atoms with Crippen molar-refractivity contribution in [1.29, 1.82) is 0 Å². The number of carboxylic acids is 1. The van der Waals surface area contributed by atoms with Crippen LogP contribution in [0.5, 0.6) is 0 Å². The molecule has 132 valence electrons. The van der Waals surface area contributed by atoms with Crippen molar-refractivity contribution in [2.45, 2.75) is 32.7 Å². The number of aliphatic carboxylic acids is 1. The molecule has 2 aromatic rings. The maximum atomic E-state index is 12.1. The van der Waals surface area contributed by atoms with Crippen LogP contribution in [0.1, 0.15) is 26.7 Å². The van der Waals surface area contributed by atoms with E-state index in [9.17, 15) is 9.59 Å². The number of hydrogen-bond acceptors (Lipinski definition) is 2. The Balaban J connectivity index is 1.96. The average Bonchev–Trinajstić information content (AvgIpc) is 2.55. The highest BCUT2D eigenvalue weighted by molar-refractivity contribution is 5.90. The monoisotopic (exact) mass is 340 g/mol. The van der Waals surface area contributed by atoms with Crippen LogP contribution in [0.2, 0.25) is 0 Å². The molecule has 5 heteroatoms. The van der Waals surface area contributed by atoms with Gasteiger partial charge in [0.2, 0.25) is 0 Å². The van der Waals surface area contributed by atoms with Crippen molar-refractivity contribution < 1.29 is 14.7 Å². The van der Waals surface area contributed by atoms with Crippen molar-refractivity contribution in [3.05, 3.63) is 54.6 Å². The lowest BCUT2D eigenvalue weighted by Crippen LogP contribution is -2.40. The maximum Gasteiger partial charge on any atom is 0.319 e. The fourth-order valence-electron chi connectivity index (χ4n) is 2.70. The fraction of sp³-hybridized carbons (Fsp3) is 0.300. The Kier molecular flexibility index (Phi) is 6.57. The van der Waals surface area contributed by atoms with Crippen molar-refractivity contribution in [3.63, 3.8) is 0 Å². The zero-order valence-electron chi connectivity index (χ0n) is 14.5. The highest BCUT2D eigenvalue weighted by atomic mass is 16.4. The second-order valence-electron chi connectivity index (χ2n) is 6.47. The fourth-order valence-corrected chi connectivity index (χ4v) is 2.70. The third kappa shape index (κ3) is 6.30. The summed E-state index contributed by atoms with van der Waals surface area (Å²) in [7, 11) is 0. The molecule has 5 nitrogen and oxygen atoms in total. The highest BCUT2D eigenvalue weighted by Gasteiger charge is 2.17. The zero-order chi connectivity index (χ0) is 18.2. The quantitative estimate of drug-likeness (QED) is 0.700. The lowest BCUT2D eigenvalue weighted by atomic mass is 10.0. The Bertz CT molecular complexity index is 697. The summed E-state index contributed by atoms with van der Waals surface area (Å²) in [5, 5.41) is 14.5. The van der Waals surface area contributed by atoms with Gasteiger partial charge in [-0.25, -0.2) is 4.79 Å². The molecule has 0 aromatic heterocycles. The first kappa shape index (κ1) is 18.5. The van der Waals surface area contributed by atoms with E-state index < -0.39 is 5.97 Å². The van der Waals surface area contributed by atoms with Gasteiger partial charge in [-0.2, -0.15) is 0 Å². The molecule has 2 aromatic carbocycles. The van der Waals surface area contributed by atoms with Gasteiger partial charge in [-0.05, 0) is 35.6 Å². The largest absolute Gasteiger partial charge is 0.481 e. The summed E-state index contributed by atoms with van der Waals surface area (Å²) in [6, 6.07) is 16.7. The number of benzene rings is 2. The number of rotatable bonds is 7. The smallest absolute Gasteiger partial charge is 0.319 e. The van der Waals surface area contributed by atoms with Crippen LogP contribution < -0.4 is 10.6 Å². The van der Waals surface area contributed by atoms with Crippen LogP contribution in [0.3, 0.4) is 0 Å². The van der Waals surface area contributed by atoms with Crippen molar-refractivity contribution in [2.24, 2.45) is 5.92 Å². The van der Waals surface area contributed by atoms with Gasteiger partial charge in [0, 0.05) is 11.7 Å². The lowest BCUT2D eigenvalue weighted by Gasteiger charge is -2.19. The van der Waals surface area contributed by atoms with E-state index in [4.69, 9.17) is 5.11 Å². The van der Waals surface area contributed by atoms with Crippen LogP contribution in [-0.4, -0.2) is 23.1 Å². The van der Waals surface area contributed by atoms with E-state index >= 15 is 0 Å². The number of anilines is 1. The van der Waals surface area contributed by atoms with Gasteiger partial charge < -0.3 is 15.7 Å². The first-order valence-corrected chi connectivity index (χ1v) is 8.39. The molecule has 0 aliphatic heterocycles. The molecular formula is C20H24N2O3. The van der Waals surface area contributed by atoms with E-state index in [1.807, 2.05) is 68.4 Å². The van der Waals surface area contributed by atoms with Gasteiger partial charge in [-0.3, -0.25) is 4.79 Å². The van der Waals surface area contributed by atoms with E-state index in [1.165, 1.54) is 0 Å². The van der Waals surface area contributed by atoms with Gasteiger partial charge >= 0.3 is 12.0 Å². The molecule has 0 bridgehead atoms. The van der Waals surface area contributed by atoms with Gasteiger partial charge in [-0.1, -0.05) is 56.3 Å². The normalized spacial score (nSPS) is 11.8. The van der Waals surface area contributed by atoms with Gasteiger partial charge in [0.25, 0.3) is 0 Å². The number of amides is 2. The Morgan fingerprint density at radius 2 is 1.56 bits per heavy atom. The van der Waals surface area contributed by atoms with Crippen molar-refractivity contribution in [2.75, 3.05) is 5.32 Å². The molecular weight excluding hydrogens is 316 g/mol. The standard InChI is InChI=1S/C20H24N2O3/c1-14(2)12-18(13-19(23)24)22-20(25)21-17-10-8-16(9-11-17)15-6-4-3-5-7-15/h3-11,14,18H,12-13H2,1-2H3,(H,23,24)(H2,21,22,25)/t18-/m0/s1. The minimum absolute atomic E-state index is 0.0848. The third-order valence-corrected chi connectivity index (χ3v) is 3.76. The molecule has 2 amide bonds. The molecule has 0 saturated heterocycles. The Labute approximate surface area is 148 Å². The molecule has 2 rings (SSSR count). The molecule has 0 spiro atoms. The van der Waals surface area contributed by atoms with E-state index in [-0.39, 0.29) is 18.5 Å². The summed E-state index contributed by atoms with van der Waals surface area (Å²) < 4.78 is 0. The molecule has 1 atom stereocenters. The molecule has 0 saturated carbocycles. The van der Waals surface area contributed by atoms with Crippen LogP contribution >= 0.6 is 0 Å². The van der Waals surface area contributed by atoms with Gasteiger partial charge in [0.05, 0.1) is 6.42 Å². The molecule has 0 aliphatic carbocycles. The number of nitrogens with one attached hydrogen (secondary N) is 2. The molecule has 25 heavy (non-hydrogen) atoms. The van der Waals surface area contributed by atoms with Gasteiger partial charge in [0.1, 0.15) is 0 Å². The van der Waals surface area contributed by atoms with Crippen LogP contribution in [0.4, 0.5) is 10.5 Å².